The molecule has 0 unspecified atom stereocenters. The first-order valence-corrected chi connectivity index (χ1v) is 9.34. The number of carbonyl (C=O) groups excluding carboxylic acids is 1. The van der Waals surface area contributed by atoms with Crippen molar-refractivity contribution in [3.05, 3.63) is 59.9 Å². The van der Waals surface area contributed by atoms with Crippen LogP contribution in [-0.2, 0) is 6.54 Å². The van der Waals surface area contributed by atoms with Gasteiger partial charge < -0.3 is 9.64 Å². The van der Waals surface area contributed by atoms with Crippen molar-refractivity contribution in [1.29, 1.82) is 0 Å². The van der Waals surface area contributed by atoms with E-state index in [1.165, 1.54) is 5.56 Å². The number of hydrogen-bond acceptors (Lipinski definition) is 5. The zero-order valence-electron chi connectivity index (χ0n) is 16.1. The van der Waals surface area contributed by atoms with Crippen molar-refractivity contribution in [2.75, 3.05) is 18.6 Å². The van der Waals surface area contributed by atoms with Crippen molar-refractivity contribution >= 4 is 22.4 Å². The Morgan fingerprint density at radius 1 is 1.11 bits per heavy atom. The molecule has 0 amide bonds. The fraction of sp³-hybridized carbons (Fsp3) is 0.318. The van der Waals surface area contributed by atoms with Gasteiger partial charge in [-0.15, -0.1) is 0 Å². The summed E-state index contributed by atoms with van der Waals surface area (Å²) < 4.78 is 5.64. The SMILES string of the molecule is CCCC(=O)c1cnc2c(OCC)nccc2c1N(C)Cc1ccccc1. The van der Waals surface area contributed by atoms with Crippen LogP contribution in [0.5, 0.6) is 5.88 Å². The van der Waals surface area contributed by atoms with Gasteiger partial charge in [0, 0.05) is 37.8 Å². The number of carbonyl (C=O) groups is 1. The fourth-order valence-corrected chi connectivity index (χ4v) is 3.24. The Bertz CT molecular complexity index is 925. The van der Waals surface area contributed by atoms with Gasteiger partial charge in [-0.1, -0.05) is 37.3 Å². The molecule has 0 saturated heterocycles. The van der Waals surface area contributed by atoms with E-state index in [0.29, 0.717) is 36.5 Å². The first-order chi connectivity index (χ1) is 13.2. The van der Waals surface area contributed by atoms with E-state index in [1.807, 2.05) is 45.2 Å². The molecule has 3 rings (SSSR count). The van der Waals surface area contributed by atoms with Crippen LogP contribution in [0.1, 0.15) is 42.6 Å². The van der Waals surface area contributed by atoms with Gasteiger partial charge in [-0.25, -0.2) is 9.97 Å². The molecule has 0 fully saturated rings. The average molecular weight is 363 g/mol. The van der Waals surface area contributed by atoms with Crippen LogP contribution in [0, 0.1) is 0 Å². The normalized spacial score (nSPS) is 10.8. The van der Waals surface area contributed by atoms with E-state index >= 15 is 0 Å². The van der Waals surface area contributed by atoms with Crippen molar-refractivity contribution in [1.82, 2.24) is 9.97 Å². The summed E-state index contributed by atoms with van der Waals surface area (Å²) in [7, 11) is 2.01. The zero-order valence-corrected chi connectivity index (χ0v) is 16.1. The summed E-state index contributed by atoms with van der Waals surface area (Å²) in [5.74, 6) is 0.607. The van der Waals surface area contributed by atoms with Crippen LogP contribution < -0.4 is 9.64 Å². The molecule has 0 bridgehead atoms. The maximum atomic E-state index is 12.8. The lowest BCUT2D eigenvalue weighted by Crippen LogP contribution is -2.20. The smallest absolute Gasteiger partial charge is 0.240 e. The van der Waals surface area contributed by atoms with Crippen molar-refractivity contribution in [2.24, 2.45) is 0 Å². The molecule has 27 heavy (non-hydrogen) atoms. The summed E-state index contributed by atoms with van der Waals surface area (Å²) in [6.45, 7) is 5.14. The maximum Gasteiger partial charge on any atom is 0.240 e. The molecule has 0 aliphatic rings. The molecule has 0 aliphatic heterocycles. The van der Waals surface area contributed by atoms with Crippen LogP contribution in [-0.4, -0.2) is 29.4 Å². The molecule has 0 aliphatic carbocycles. The van der Waals surface area contributed by atoms with Gasteiger partial charge in [0.15, 0.2) is 5.78 Å². The second-order valence-electron chi connectivity index (χ2n) is 6.48. The van der Waals surface area contributed by atoms with Crippen LogP contribution >= 0.6 is 0 Å². The number of benzene rings is 1. The van der Waals surface area contributed by atoms with E-state index in [-0.39, 0.29) is 5.78 Å². The third-order valence-corrected chi connectivity index (χ3v) is 4.43. The van der Waals surface area contributed by atoms with Crippen LogP contribution in [0.2, 0.25) is 0 Å². The molecular formula is C22H25N3O2. The van der Waals surface area contributed by atoms with Crippen molar-refractivity contribution in [2.45, 2.75) is 33.2 Å². The summed E-state index contributed by atoms with van der Waals surface area (Å²) in [5.41, 5.74) is 3.39. The molecule has 3 aromatic rings. The van der Waals surface area contributed by atoms with Crippen LogP contribution in [0.15, 0.2) is 48.8 Å². The van der Waals surface area contributed by atoms with E-state index in [9.17, 15) is 4.79 Å². The second kappa shape index (κ2) is 8.62. The van der Waals surface area contributed by atoms with Gasteiger partial charge in [-0.05, 0) is 25.0 Å². The second-order valence-corrected chi connectivity index (χ2v) is 6.48. The molecule has 1 aromatic carbocycles. The standard InChI is InChI=1S/C22H25N3O2/c1-4-9-19(26)18-14-24-20-17(12-13-23-22(20)27-5-2)21(18)25(3)15-16-10-7-6-8-11-16/h6-8,10-14H,4-5,9,15H2,1-3H3. The summed E-state index contributed by atoms with van der Waals surface area (Å²) in [6, 6.07) is 12.1. The Labute approximate surface area is 160 Å². The van der Waals surface area contributed by atoms with E-state index < -0.39 is 0 Å². The van der Waals surface area contributed by atoms with Gasteiger partial charge >= 0.3 is 0 Å². The minimum atomic E-state index is 0.108. The molecule has 5 nitrogen and oxygen atoms in total. The molecule has 0 atom stereocenters. The fourth-order valence-electron chi connectivity index (χ4n) is 3.24. The van der Waals surface area contributed by atoms with E-state index in [1.54, 1.807) is 12.4 Å². The summed E-state index contributed by atoms with van der Waals surface area (Å²) >= 11 is 0. The lowest BCUT2D eigenvalue weighted by atomic mass is 10.0. The van der Waals surface area contributed by atoms with Gasteiger partial charge in [0.1, 0.15) is 5.52 Å². The van der Waals surface area contributed by atoms with Crippen LogP contribution in [0.3, 0.4) is 0 Å². The topological polar surface area (TPSA) is 55.3 Å². The molecule has 0 radical (unpaired) electrons. The third-order valence-electron chi connectivity index (χ3n) is 4.43. The van der Waals surface area contributed by atoms with Gasteiger partial charge in [0.2, 0.25) is 5.88 Å². The monoisotopic (exact) mass is 363 g/mol. The highest BCUT2D eigenvalue weighted by Gasteiger charge is 2.20. The number of ether oxygens (including phenoxy) is 1. The number of anilines is 1. The average Bonchev–Trinajstić information content (AvgIpc) is 2.68. The number of Topliss-reactive ketones (excluding diaryl/α,β-unsaturated/α-hetero) is 1. The highest BCUT2D eigenvalue weighted by molar-refractivity contribution is 6.08. The zero-order chi connectivity index (χ0) is 19.2. The number of pyridine rings is 2. The van der Waals surface area contributed by atoms with Gasteiger partial charge in [-0.3, -0.25) is 4.79 Å². The molecule has 2 aromatic heterocycles. The largest absolute Gasteiger partial charge is 0.476 e. The molecule has 0 N–H and O–H groups in total. The quantitative estimate of drug-likeness (QED) is 0.545. The third kappa shape index (κ3) is 4.08. The number of nitrogens with zero attached hydrogens (tertiary/aromatic N) is 3. The molecule has 5 heteroatoms. The summed E-state index contributed by atoms with van der Waals surface area (Å²) in [4.78, 5) is 23.7. The van der Waals surface area contributed by atoms with Crippen molar-refractivity contribution in [3.8, 4) is 5.88 Å². The maximum absolute atomic E-state index is 12.8. The number of rotatable bonds is 8. The Kier molecular flexibility index (Phi) is 6.01. The predicted molar refractivity (Wildman–Crippen MR) is 108 cm³/mol. The molecule has 0 spiro atoms. The van der Waals surface area contributed by atoms with Gasteiger partial charge in [0.05, 0.1) is 17.9 Å². The Hall–Kier alpha value is -2.95. The highest BCUT2D eigenvalue weighted by atomic mass is 16.5. The van der Waals surface area contributed by atoms with Crippen LogP contribution in [0.25, 0.3) is 10.9 Å². The van der Waals surface area contributed by atoms with Gasteiger partial charge in [-0.2, -0.15) is 0 Å². The Balaban J connectivity index is 2.14. The lowest BCUT2D eigenvalue weighted by molar-refractivity contribution is 0.0982. The van der Waals surface area contributed by atoms with Crippen LogP contribution in [0.4, 0.5) is 5.69 Å². The summed E-state index contributed by atoms with van der Waals surface area (Å²) in [5, 5.41) is 0.883. The van der Waals surface area contributed by atoms with Gasteiger partial charge in [0.25, 0.3) is 0 Å². The minimum absolute atomic E-state index is 0.108. The number of ketones is 1. The van der Waals surface area contributed by atoms with E-state index in [4.69, 9.17) is 4.74 Å². The molecular weight excluding hydrogens is 338 g/mol. The number of aromatic nitrogens is 2. The Morgan fingerprint density at radius 3 is 2.59 bits per heavy atom. The van der Waals surface area contributed by atoms with Crippen molar-refractivity contribution < 1.29 is 9.53 Å². The first-order valence-electron chi connectivity index (χ1n) is 9.34. The minimum Gasteiger partial charge on any atom is -0.476 e. The Morgan fingerprint density at radius 2 is 1.89 bits per heavy atom. The molecule has 0 saturated carbocycles. The highest BCUT2D eigenvalue weighted by Crippen LogP contribution is 2.34. The van der Waals surface area contributed by atoms with Crippen molar-refractivity contribution in [3.63, 3.8) is 0 Å². The first kappa shape index (κ1) is 18.8. The number of hydrogen-bond donors (Lipinski definition) is 0. The predicted octanol–water partition coefficient (Wildman–Crippen LogP) is 4.65. The van der Waals surface area contributed by atoms with E-state index in [0.717, 1.165) is 17.5 Å². The molecule has 2 heterocycles. The van der Waals surface area contributed by atoms with E-state index in [2.05, 4.69) is 27.0 Å². The lowest BCUT2D eigenvalue weighted by Gasteiger charge is -2.24. The molecule has 140 valence electrons. The number of fused-ring (bicyclic) bond motifs is 1. The summed E-state index contributed by atoms with van der Waals surface area (Å²) in [6.07, 6.45) is 4.69.